The van der Waals surface area contributed by atoms with E-state index < -0.39 is 23.4 Å². The van der Waals surface area contributed by atoms with Crippen molar-refractivity contribution in [2.24, 2.45) is 16.8 Å². The molecule has 0 spiro atoms. The van der Waals surface area contributed by atoms with Gasteiger partial charge >= 0.3 is 6.18 Å². The number of benzene rings is 1. The zero-order valence-corrected chi connectivity index (χ0v) is 25.1. The molecule has 0 aliphatic carbocycles. The molecule has 5 rings (SSSR count). The SMILES string of the molecule is CC(C)(O)C1CCN(CC(O)CN2NC(c3ccc(C(F)(F)F)c(SCC(=O)N4CCCC4)c3)C3CN=CC=C32)CC1. The number of hydrogen-bond acceptors (Lipinski definition) is 8. The second kappa shape index (κ2) is 12.9. The Kier molecular flexibility index (Phi) is 9.58. The number of carbonyl (C=O) groups excluding carboxylic acids is 1. The Labute approximate surface area is 250 Å². The van der Waals surface area contributed by atoms with E-state index in [2.05, 4.69) is 15.3 Å². The number of fused-ring (bicyclic) bond motifs is 1. The van der Waals surface area contributed by atoms with Crippen LogP contribution < -0.4 is 5.43 Å². The Hall–Kier alpha value is -2.12. The molecule has 1 aromatic rings. The predicted molar refractivity (Wildman–Crippen MR) is 157 cm³/mol. The van der Waals surface area contributed by atoms with Crippen LogP contribution in [0.1, 0.15) is 56.7 Å². The molecule has 1 aromatic carbocycles. The largest absolute Gasteiger partial charge is 0.417 e. The molecular weight excluding hydrogens is 567 g/mol. The topological polar surface area (TPSA) is 91.6 Å². The molecule has 4 aliphatic rings. The molecule has 232 valence electrons. The number of β-amino-alcohol motifs (C(OH)–C–C–N with tert-alkyl or cyclic N) is 1. The predicted octanol–water partition coefficient (Wildman–Crippen LogP) is 3.71. The Morgan fingerprint density at radius 1 is 1.14 bits per heavy atom. The van der Waals surface area contributed by atoms with Crippen molar-refractivity contribution in [1.82, 2.24) is 20.2 Å². The average Bonchev–Trinajstić information content (AvgIpc) is 3.60. The minimum absolute atomic E-state index is 0.0329. The van der Waals surface area contributed by atoms with Crippen LogP contribution in [-0.4, -0.2) is 100 Å². The number of allylic oxidation sites excluding steroid dienone is 1. The van der Waals surface area contributed by atoms with E-state index in [0.29, 0.717) is 38.3 Å². The first-order chi connectivity index (χ1) is 19.9. The molecular formula is C30H42F3N5O3S. The van der Waals surface area contributed by atoms with E-state index in [1.165, 1.54) is 6.07 Å². The van der Waals surface area contributed by atoms with Crippen molar-refractivity contribution in [3.8, 4) is 0 Å². The zero-order valence-electron chi connectivity index (χ0n) is 24.3. The fourth-order valence-corrected chi connectivity index (χ4v) is 7.58. The highest BCUT2D eigenvalue weighted by Crippen LogP contribution is 2.42. The van der Waals surface area contributed by atoms with E-state index in [9.17, 15) is 28.2 Å². The number of aliphatic imine (C=N–C) groups is 1. The number of nitrogens with zero attached hydrogens (tertiary/aromatic N) is 4. The summed E-state index contributed by atoms with van der Waals surface area (Å²) in [7, 11) is 0. The number of likely N-dealkylation sites (tertiary alicyclic amines) is 2. The number of dihydropyridines is 1. The first-order valence-corrected chi connectivity index (χ1v) is 15.9. The van der Waals surface area contributed by atoms with Crippen molar-refractivity contribution >= 4 is 23.9 Å². The molecule has 0 radical (unpaired) electrons. The van der Waals surface area contributed by atoms with Gasteiger partial charge in [0.15, 0.2) is 0 Å². The molecule has 3 atom stereocenters. The van der Waals surface area contributed by atoms with Gasteiger partial charge in [-0.05, 0) is 82.3 Å². The Bertz CT molecular complexity index is 1170. The van der Waals surface area contributed by atoms with Gasteiger partial charge in [0.05, 0.1) is 35.6 Å². The van der Waals surface area contributed by atoms with Gasteiger partial charge in [0, 0.05) is 48.9 Å². The lowest BCUT2D eigenvalue weighted by atomic mass is 9.83. The maximum absolute atomic E-state index is 13.9. The van der Waals surface area contributed by atoms with Gasteiger partial charge in [-0.25, -0.2) is 5.43 Å². The third kappa shape index (κ3) is 7.32. The van der Waals surface area contributed by atoms with E-state index in [1.807, 2.05) is 24.9 Å². The number of rotatable bonds is 9. The first kappa shape index (κ1) is 31.3. The second-order valence-corrected chi connectivity index (χ2v) is 13.5. The van der Waals surface area contributed by atoms with Crippen LogP contribution in [-0.2, 0) is 11.0 Å². The molecule has 4 aliphatic heterocycles. The van der Waals surface area contributed by atoms with E-state index in [0.717, 1.165) is 62.3 Å². The quantitative estimate of drug-likeness (QED) is 0.368. The normalized spacial score (nSPS) is 24.7. The molecule has 0 aromatic heterocycles. The first-order valence-electron chi connectivity index (χ1n) is 14.9. The highest BCUT2D eigenvalue weighted by atomic mass is 32.2. The van der Waals surface area contributed by atoms with Crippen molar-refractivity contribution < 1.29 is 28.2 Å². The van der Waals surface area contributed by atoms with Gasteiger partial charge < -0.3 is 25.0 Å². The molecule has 42 heavy (non-hydrogen) atoms. The Morgan fingerprint density at radius 3 is 2.52 bits per heavy atom. The zero-order chi connectivity index (χ0) is 30.1. The average molecular weight is 610 g/mol. The van der Waals surface area contributed by atoms with Crippen LogP contribution in [0, 0.1) is 11.8 Å². The van der Waals surface area contributed by atoms with Gasteiger partial charge in [-0.1, -0.05) is 6.07 Å². The highest BCUT2D eigenvalue weighted by Gasteiger charge is 2.41. The summed E-state index contributed by atoms with van der Waals surface area (Å²) >= 11 is 0.946. The second-order valence-electron chi connectivity index (χ2n) is 12.4. The summed E-state index contributed by atoms with van der Waals surface area (Å²) in [4.78, 5) is 21.0. The van der Waals surface area contributed by atoms with Gasteiger partial charge in [-0.15, -0.1) is 11.8 Å². The lowest BCUT2D eigenvalue weighted by molar-refractivity contribution is -0.139. The smallest absolute Gasteiger partial charge is 0.390 e. The number of hydrogen-bond donors (Lipinski definition) is 3. The van der Waals surface area contributed by atoms with Gasteiger partial charge in [0.1, 0.15) is 0 Å². The number of alkyl halides is 3. The number of carbonyl (C=O) groups is 1. The third-order valence-electron chi connectivity index (χ3n) is 8.97. The Morgan fingerprint density at radius 2 is 1.86 bits per heavy atom. The molecule has 4 heterocycles. The number of thioether (sulfide) groups is 1. The highest BCUT2D eigenvalue weighted by molar-refractivity contribution is 8.00. The minimum atomic E-state index is -4.53. The van der Waals surface area contributed by atoms with E-state index in [4.69, 9.17) is 0 Å². The van der Waals surface area contributed by atoms with Crippen LogP contribution in [0.3, 0.4) is 0 Å². The van der Waals surface area contributed by atoms with Crippen molar-refractivity contribution in [3.05, 3.63) is 41.1 Å². The number of aliphatic hydroxyl groups excluding tert-OH is 1. The lowest BCUT2D eigenvalue weighted by Gasteiger charge is -2.38. The standard InChI is InChI=1S/C30H42F3N5O3S/c1-29(2,41)21-8-13-36(14-9-21)17-22(39)18-38-25-7-10-34-16-23(25)28(35-38)20-5-6-24(30(31,32)33)26(15-20)42-19-27(40)37-11-3-4-12-37/h5-7,10,15,21-23,28,35,39,41H,3-4,8-9,11-14,16-19H2,1-2H3. The minimum Gasteiger partial charge on any atom is -0.390 e. The van der Waals surface area contributed by atoms with Gasteiger partial charge in [-0.2, -0.15) is 13.2 Å². The monoisotopic (exact) mass is 609 g/mol. The summed E-state index contributed by atoms with van der Waals surface area (Å²) < 4.78 is 41.8. The number of hydrazine groups is 1. The van der Waals surface area contributed by atoms with Crippen LogP contribution >= 0.6 is 11.8 Å². The summed E-state index contributed by atoms with van der Waals surface area (Å²) in [5.74, 6) is -0.0177. The maximum atomic E-state index is 13.9. The van der Waals surface area contributed by atoms with Gasteiger partial charge in [0.25, 0.3) is 0 Å². The van der Waals surface area contributed by atoms with Gasteiger partial charge in [0.2, 0.25) is 5.91 Å². The van der Waals surface area contributed by atoms with E-state index >= 15 is 0 Å². The van der Waals surface area contributed by atoms with Crippen LogP contribution in [0.2, 0.25) is 0 Å². The molecule has 8 nitrogen and oxygen atoms in total. The fraction of sp³-hybridized carbons (Fsp3) is 0.667. The number of amides is 1. The molecule has 12 heteroatoms. The molecule has 3 fully saturated rings. The molecule has 1 amide bonds. The van der Waals surface area contributed by atoms with Crippen molar-refractivity contribution in [2.75, 3.05) is 51.6 Å². The molecule has 3 saturated heterocycles. The fourth-order valence-electron chi connectivity index (χ4n) is 6.56. The molecule has 0 bridgehead atoms. The third-order valence-corrected chi connectivity index (χ3v) is 10.0. The van der Waals surface area contributed by atoms with E-state index in [1.54, 1.807) is 17.2 Å². The number of halogens is 3. The number of nitrogens with one attached hydrogen (secondary N) is 1. The van der Waals surface area contributed by atoms with Gasteiger partial charge in [-0.3, -0.25) is 9.79 Å². The van der Waals surface area contributed by atoms with E-state index in [-0.39, 0.29) is 34.4 Å². The lowest BCUT2D eigenvalue weighted by Crippen LogP contribution is -2.47. The summed E-state index contributed by atoms with van der Waals surface area (Å²) in [5, 5.41) is 23.3. The molecule has 0 saturated carbocycles. The van der Waals surface area contributed by atoms with Crippen LogP contribution in [0.25, 0.3) is 0 Å². The summed E-state index contributed by atoms with van der Waals surface area (Å²) in [6.07, 6.45) is 2.07. The maximum Gasteiger partial charge on any atom is 0.417 e. The molecule has 3 unspecified atom stereocenters. The van der Waals surface area contributed by atoms with Crippen molar-refractivity contribution in [3.63, 3.8) is 0 Å². The Balaban J connectivity index is 1.27. The number of aliphatic hydroxyl groups is 2. The number of piperidine rings is 1. The van der Waals surface area contributed by atoms with Crippen LogP contribution in [0.4, 0.5) is 13.2 Å². The summed E-state index contributed by atoms with van der Waals surface area (Å²) in [6.45, 7) is 7.95. The summed E-state index contributed by atoms with van der Waals surface area (Å²) in [6, 6.07) is 3.87. The van der Waals surface area contributed by atoms with Crippen LogP contribution in [0.5, 0.6) is 0 Å². The summed E-state index contributed by atoms with van der Waals surface area (Å²) in [5.41, 5.74) is 3.65. The molecule has 3 N–H and O–H groups in total. The van der Waals surface area contributed by atoms with Crippen molar-refractivity contribution in [1.29, 1.82) is 0 Å². The van der Waals surface area contributed by atoms with Crippen LogP contribution in [0.15, 0.2) is 39.9 Å². The van der Waals surface area contributed by atoms with Crippen molar-refractivity contribution in [2.45, 2.75) is 68.3 Å².